The quantitative estimate of drug-likeness (QED) is 0.0206. The van der Waals surface area contributed by atoms with Gasteiger partial charge in [-0.25, -0.2) is 0 Å². The summed E-state index contributed by atoms with van der Waals surface area (Å²) in [6.07, 6.45) is 35.2. The average Bonchev–Trinajstić information content (AvgIpc) is 3.06. The summed E-state index contributed by atoms with van der Waals surface area (Å²) in [5.74, 6) is -0.836. The van der Waals surface area contributed by atoms with E-state index in [2.05, 4.69) is 30.5 Å². The van der Waals surface area contributed by atoms with Gasteiger partial charge in [-0.15, -0.1) is 0 Å². The predicted octanol–water partition coefficient (Wildman–Crippen LogP) is 8.49. The first-order chi connectivity index (χ1) is 23.3. The molecule has 2 atom stereocenters. The molecule has 8 nitrogen and oxygen atoms in total. The third kappa shape index (κ3) is 38.8. The zero-order chi connectivity index (χ0) is 35.4. The maximum absolute atomic E-state index is 12.5. The summed E-state index contributed by atoms with van der Waals surface area (Å²) < 4.78 is 32.2. The topological polar surface area (TPSA) is 111 Å². The third-order valence-electron chi connectivity index (χ3n) is 8.56. The molecule has 0 saturated carbocycles. The fourth-order valence-corrected chi connectivity index (χ4v) is 6.36. The van der Waals surface area contributed by atoms with Gasteiger partial charge in [0, 0.05) is 12.8 Å². The molecule has 0 aromatic rings. The van der Waals surface area contributed by atoms with Gasteiger partial charge in [-0.3, -0.25) is 14.2 Å². The van der Waals surface area contributed by atoms with Crippen molar-refractivity contribution in [2.24, 2.45) is 0 Å². The van der Waals surface area contributed by atoms with Crippen molar-refractivity contribution < 1.29 is 67.1 Å². The van der Waals surface area contributed by atoms with E-state index >= 15 is 0 Å². The van der Waals surface area contributed by atoms with Gasteiger partial charge in [0.1, 0.15) is 6.61 Å². The Labute approximate surface area is 323 Å². The molecule has 1 unspecified atom stereocenters. The SMILES string of the molecule is CCCCCCCC/C=C\CCCCCCCC(=O)OC[C@H](COP(=O)([O-])OCC)OC(=O)CCCCCCCCCCCCCCC.[Na+]. The molecule has 0 rings (SSSR count). The number of hydrogen-bond acceptors (Lipinski definition) is 8. The standard InChI is InChI=1S/C39H75O8P.Na/c1-4-7-9-11-13-15-17-19-20-22-23-25-27-29-31-33-38(40)44-35-37(36-46-48(42,43)45-6-3)47-39(41)34-32-30-28-26-24-21-18-16-14-12-10-8-5-2;/h19-20,37H,4-18,21-36H2,1-3H3,(H,42,43);/q;+1/p-1/b20-19-;/t37-;/m1./s1. The van der Waals surface area contributed by atoms with Gasteiger partial charge in [0.2, 0.25) is 0 Å². The van der Waals surface area contributed by atoms with Crippen LogP contribution < -0.4 is 34.5 Å². The molecular weight excluding hydrogens is 650 g/mol. The predicted molar refractivity (Wildman–Crippen MR) is 196 cm³/mol. The first-order valence-electron chi connectivity index (χ1n) is 19.9. The molecule has 284 valence electrons. The van der Waals surface area contributed by atoms with E-state index in [1.807, 2.05) is 0 Å². The van der Waals surface area contributed by atoms with Crippen molar-refractivity contribution >= 4 is 19.8 Å². The van der Waals surface area contributed by atoms with Crippen LogP contribution in [0.3, 0.4) is 0 Å². The zero-order valence-electron chi connectivity index (χ0n) is 32.4. The Morgan fingerprint density at radius 2 is 0.939 bits per heavy atom. The minimum atomic E-state index is -4.52. The van der Waals surface area contributed by atoms with E-state index in [9.17, 15) is 19.0 Å². The summed E-state index contributed by atoms with van der Waals surface area (Å²) in [5.41, 5.74) is 0. The first-order valence-corrected chi connectivity index (χ1v) is 21.4. The van der Waals surface area contributed by atoms with Crippen LogP contribution in [0.2, 0.25) is 0 Å². The Morgan fingerprint density at radius 3 is 1.37 bits per heavy atom. The Balaban J connectivity index is 0. The number of carbonyl (C=O) groups is 2. The maximum Gasteiger partial charge on any atom is 1.00 e. The fraction of sp³-hybridized carbons (Fsp3) is 0.897. The van der Waals surface area contributed by atoms with Crippen LogP contribution in [0, 0.1) is 0 Å². The molecule has 0 aliphatic carbocycles. The summed E-state index contributed by atoms with van der Waals surface area (Å²) in [4.78, 5) is 36.7. The molecule has 0 aliphatic rings. The van der Waals surface area contributed by atoms with Gasteiger partial charge in [-0.05, 0) is 45.4 Å². The molecule has 0 aliphatic heterocycles. The number of esters is 2. The molecule has 10 heteroatoms. The molecule has 0 bridgehead atoms. The molecule has 0 amide bonds. The minimum Gasteiger partial charge on any atom is -0.756 e. The molecule has 0 heterocycles. The summed E-state index contributed by atoms with van der Waals surface area (Å²) in [7, 11) is -4.52. The van der Waals surface area contributed by atoms with Gasteiger partial charge in [-0.2, -0.15) is 0 Å². The second-order valence-corrected chi connectivity index (χ2v) is 14.7. The van der Waals surface area contributed by atoms with Crippen LogP contribution in [-0.2, 0) is 32.7 Å². The van der Waals surface area contributed by atoms with Crippen molar-refractivity contribution in [2.45, 2.75) is 207 Å². The van der Waals surface area contributed by atoms with Crippen molar-refractivity contribution in [3.05, 3.63) is 12.2 Å². The van der Waals surface area contributed by atoms with Gasteiger partial charge in [0.25, 0.3) is 7.82 Å². The summed E-state index contributed by atoms with van der Waals surface area (Å²) in [6.45, 7) is 5.27. The van der Waals surface area contributed by atoms with Crippen LogP contribution >= 0.6 is 7.82 Å². The zero-order valence-corrected chi connectivity index (χ0v) is 35.3. The molecule has 0 N–H and O–H groups in total. The van der Waals surface area contributed by atoms with Crippen molar-refractivity contribution in [3.63, 3.8) is 0 Å². The van der Waals surface area contributed by atoms with E-state index < -0.39 is 26.5 Å². The molecule has 0 spiro atoms. The number of phosphoric acid groups is 1. The minimum absolute atomic E-state index is 0. The Hall–Kier alpha value is -0.210. The smallest absolute Gasteiger partial charge is 0.756 e. The van der Waals surface area contributed by atoms with Crippen molar-refractivity contribution in [1.82, 2.24) is 0 Å². The molecule has 0 radical (unpaired) electrons. The largest absolute Gasteiger partial charge is 1.00 e. The number of rotatable bonds is 37. The molecule has 0 aromatic heterocycles. The second kappa shape index (κ2) is 39.0. The van der Waals surface area contributed by atoms with E-state index in [1.165, 1.54) is 116 Å². The summed E-state index contributed by atoms with van der Waals surface area (Å²) >= 11 is 0. The van der Waals surface area contributed by atoms with Crippen LogP contribution in [0.1, 0.15) is 201 Å². The van der Waals surface area contributed by atoms with E-state index in [0.717, 1.165) is 51.4 Å². The van der Waals surface area contributed by atoms with Crippen molar-refractivity contribution in [3.8, 4) is 0 Å². The number of ether oxygens (including phenoxy) is 2. The van der Waals surface area contributed by atoms with Crippen LogP contribution in [0.15, 0.2) is 12.2 Å². The molecule has 49 heavy (non-hydrogen) atoms. The maximum atomic E-state index is 12.5. The second-order valence-electron chi connectivity index (χ2n) is 13.3. The Kier molecular flexibility index (Phi) is 40.5. The summed E-state index contributed by atoms with van der Waals surface area (Å²) in [6, 6.07) is 0. The van der Waals surface area contributed by atoms with Crippen LogP contribution in [0.25, 0.3) is 0 Å². The van der Waals surface area contributed by atoms with Gasteiger partial charge in [-0.1, -0.05) is 154 Å². The number of unbranched alkanes of at least 4 members (excludes halogenated alkanes) is 23. The van der Waals surface area contributed by atoms with E-state index in [0.29, 0.717) is 6.42 Å². The molecule has 0 saturated heterocycles. The van der Waals surface area contributed by atoms with Gasteiger partial charge < -0.3 is 23.4 Å². The normalized spacial score (nSPS) is 13.2. The number of carbonyl (C=O) groups excluding carboxylic acids is 2. The first kappa shape index (κ1) is 50.9. The van der Waals surface area contributed by atoms with Gasteiger partial charge in [0.15, 0.2) is 6.10 Å². The van der Waals surface area contributed by atoms with Crippen LogP contribution in [0.5, 0.6) is 0 Å². The fourth-order valence-electron chi connectivity index (χ4n) is 5.62. The van der Waals surface area contributed by atoms with Crippen LogP contribution in [-0.4, -0.2) is 37.9 Å². The number of phosphoric ester groups is 1. The Bertz CT molecular complexity index is 810. The third-order valence-corrected chi connectivity index (χ3v) is 9.60. The van der Waals surface area contributed by atoms with Crippen LogP contribution in [0.4, 0.5) is 0 Å². The number of hydrogen-bond donors (Lipinski definition) is 0. The summed E-state index contributed by atoms with van der Waals surface area (Å²) in [5, 5.41) is 0. The molecule has 0 fully saturated rings. The van der Waals surface area contributed by atoms with E-state index in [4.69, 9.17) is 14.0 Å². The van der Waals surface area contributed by atoms with Gasteiger partial charge >= 0.3 is 41.5 Å². The number of allylic oxidation sites excluding steroid dienone is 2. The molecular formula is C39H74NaO8P. The van der Waals surface area contributed by atoms with Crippen molar-refractivity contribution in [2.75, 3.05) is 19.8 Å². The monoisotopic (exact) mass is 725 g/mol. The Morgan fingerprint density at radius 1 is 0.551 bits per heavy atom. The molecule has 0 aromatic carbocycles. The van der Waals surface area contributed by atoms with Crippen molar-refractivity contribution in [1.29, 1.82) is 0 Å². The van der Waals surface area contributed by atoms with E-state index in [1.54, 1.807) is 0 Å². The average molecular weight is 725 g/mol. The van der Waals surface area contributed by atoms with E-state index in [-0.39, 0.29) is 61.6 Å². The van der Waals surface area contributed by atoms with Gasteiger partial charge in [0.05, 0.1) is 13.2 Å².